The molecule has 0 saturated carbocycles. The molecule has 21 heavy (non-hydrogen) atoms. The Bertz CT molecular complexity index is 365. The summed E-state index contributed by atoms with van der Waals surface area (Å²) in [5, 5.41) is 0. The lowest BCUT2D eigenvalue weighted by Gasteiger charge is -2.36. The number of carbonyl (C=O) groups excluding carboxylic acids is 1. The smallest absolute Gasteiger partial charge is 0.192 e. The Labute approximate surface area is 145 Å². The molecule has 0 aromatic rings. The maximum Gasteiger partial charge on any atom is 0.192 e. The van der Waals surface area contributed by atoms with Gasteiger partial charge >= 0.3 is 0 Å². The summed E-state index contributed by atoms with van der Waals surface area (Å²) in [4.78, 5) is 11.0. The third-order valence-corrected chi connectivity index (χ3v) is 10.1. The predicted molar refractivity (Wildman–Crippen MR) is 103 cm³/mol. The molecular weight excluding hydrogens is 391 g/mol. The molecular formula is C17H31IO2Si. The summed E-state index contributed by atoms with van der Waals surface area (Å²) in [6.45, 7) is 13.0. The van der Waals surface area contributed by atoms with Crippen LogP contribution in [0.25, 0.3) is 0 Å². The zero-order valence-electron chi connectivity index (χ0n) is 14.4. The molecule has 0 saturated heterocycles. The Morgan fingerprint density at radius 2 is 1.67 bits per heavy atom. The fraction of sp³-hybridized carbons (Fsp3) is 0.706. The molecule has 0 aromatic carbocycles. The summed E-state index contributed by atoms with van der Waals surface area (Å²) in [6.07, 6.45) is 4.11. The number of halogens is 1. The Hall–Kier alpha value is 0.0569. The quantitative estimate of drug-likeness (QED) is 0.190. The Morgan fingerprint density at radius 3 is 2.00 bits per heavy atom. The summed E-state index contributed by atoms with van der Waals surface area (Å²) in [5.74, 6) is 0.276. The van der Waals surface area contributed by atoms with E-state index in [0.717, 1.165) is 36.4 Å². The number of hydrogen-bond acceptors (Lipinski definition) is 2. The van der Waals surface area contributed by atoms with Crippen molar-refractivity contribution in [1.82, 2.24) is 0 Å². The van der Waals surface area contributed by atoms with Gasteiger partial charge in [-0.3, -0.25) is 4.79 Å². The maximum absolute atomic E-state index is 11.0. The van der Waals surface area contributed by atoms with Crippen molar-refractivity contribution < 1.29 is 9.22 Å². The van der Waals surface area contributed by atoms with E-state index >= 15 is 0 Å². The van der Waals surface area contributed by atoms with Crippen LogP contribution in [0, 0.1) is 5.92 Å². The molecule has 4 heteroatoms. The molecule has 0 spiro atoms. The summed E-state index contributed by atoms with van der Waals surface area (Å²) >= 11 is 2.29. The van der Waals surface area contributed by atoms with Crippen molar-refractivity contribution in [3.63, 3.8) is 0 Å². The highest BCUT2D eigenvalue weighted by molar-refractivity contribution is 14.1. The molecule has 0 aromatic heterocycles. The van der Waals surface area contributed by atoms with Gasteiger partial charge in [0, 0.05) is 5.92 Å². The number of allylic oxidation sites excluding steroid dienone is 1. The third-order valence-electron chi connectivity index (χ3n) is 4.45. The van der Waals surface area contributed by atoms with Gasteiger partial charge in [-0.2, -0.15) is 0 Å². The van der Waals surface area contributed by atoms with E-state index in [-0.39, 0.29) is 12.0 Å². The van der Waals surface area contributed by atoms with Gasteiger partial charge in [0.25, 0.3) is 0 Å². The van der Waals surface area contributed by atoms with Crippen LogP contribution in [0.5, 0.6) is 0 Å². The zero-order chi connectivity index (χ0) is 16.5. The first-order valence-corrected chi connectivity index (χ1v) is 11.8. The van der Waals surface area contributed by atoms with Crippen LogP contribution in [0.3, 0.4) is 0 Å². The fourth-order valence-corrected chi connectivity index (χ4v) is 5.90. The molecule has 0 amide bonds. The van der Waals surface area contributed by atoms with Crippen LogP contribution in [0.2, 0.25) is 18.1 Å². The summed E-state index contributed by atoms with van der Waals surface area (Å²) in [6, 6.07) is 3.45. The van der Waals surface area contributed by atoms with E-state index in [1.807, 2.05) is 6.92 Å². The van der Waals surface area contributed by atoms with E-state index in [0.29, 0.717) is 0 Å². The fourth-order valence-electron chi connectivity index (χ4n) is 2.65. The van der Waals surface area contributed by atoms with Gasteiger partial charge in [0.05, 0.1) is 6.10 Å². The van der Waals surface area contributed by atoms with E-state index in [9.17, 15) is 4.79 Å². The van der Waals surface area contributed by atoms with Gasteiger partial charge in [0.2, 0.25) is 0 Å². The number of rotatable bonds is 10. The number of carbonyl (C=O) groups is 1. The Morgan fingerprint density at radius 1 is 1.14 bits per heavy atom. The van der Waals surface area contributed by atoms with Crippen molar-refractivity contribution in [3.05, 3.63) is 21.3 Å². The normalized spacial score (nSPS) is 16.7. The van der Waals surface area contributed by atoms with Gasteiger partial charge in [0.1, 0.15) is 6.29 Å². The summed E-state index contributed by atoms with van der Waals surface area (Å²) in [7, 11) is -1.66. The minimum absolute atomic E-state index is 0.105. The average molecular weight is 422 g/mol. The van der Waals surface area contributed by atoms with Crippen LogP contribution in [-0.2, 0) is 9.22 Å². The lowest BCUT2D eigenvalue weighted by Crippen LogP contribution is -2.42. The van der Waals surface area contributed by atoms with Gasteiger partial charge in [-0.15, -0.1) is 0 Å². The van der Waals surface area contributed by atoms with Crippen molar-refractivity contribution in [3.8, 4) is 0 Å². The van der Waals surface area contributed by atoms with E-state index < -0.39 is 8.32 Å². The average Bonchev–Trinajstić information content (AvgIpc) is 2.54. The molecule has 0 fully saturated rings. The van der Waals surface area contributed by atoms with Crippen LogP contribution < -0.4 is 0 Å². The molecule has 0 aliphatic carbocycles. The molecule has 0 radical (unpaired) electrons. The molecule has 0 aliphatic rings. The molecule has 122 valence electrons. The van der Waals surface area contributed by atoms with Crippen LogP contribution in [0.1, 0.15) is 48.0 Å². The zero-order valence-corrected chi connectivity index (χ0v) is 17.6. The van der Waals surface area contributed by atoms with Crippen LogP contribution in [0.15, 0.2) is 21.3 Å². The van der Waals surface area contributed by atoms with Crippen molar-refractivity contribution in [2.45, 2.75) is 72.2 Å². The second kappa shape index (κ2) is 10.7. The maximum atomic E-state index is 11.0. The van der Waals surface area contributed by atoms with Crippen LogP contribution in [-0.4, -0.2) is 20.7 Å². The largest absolute Gasteiger partial charge is 0.410 e. The van der Waals surface area contributed by atoms with Crippen LogP contribution >= 0.6 is 22.6 Å². The first-order valence-electron chi connectivity index (χ1n) is 8.01. The highest BCUT2D eigenvalue weighted by atomic mass is 127. The second-order valence-corrected chi connectivity index (χ2v) is 11.1. The highest BCUT2D eigenvalue weighted by Crippen LogP contribution is 2.31. The van der Waals surface area contributed by atoms with Gasteiger partial charge in [-0.05, 0) is 53.6 Å². The van der Waals surface area contributed by atoms with E-state index in [1.165, 1.54) is 5.57 Å². The molecule has 0 N–H and O–H groups in total. The predicted octanol–water partition coefficient (Wildman–Crippen LogP) is 5.89. The van der Waals surface area contributed by atoms with Gasteiger partial charge in [-0.1, -0.05) is 56.4 Å². The summed E-state index contributed by atoms with van der Waals surface area (Å²) in [5.41, 5.74) is 2.07. The second-order valence-electron chi connectivity index (χ2n) is 5.74. The van der Waals surface area contributed by atoms with Crippen molar-refractivity contribution in [1.29, 1.82) is 0 Å². The third kappa shape index (κ3) is 6.36. The molecule has 0 unspecified atom stereocenters. The molecule has 0 aliphatic heterocycles. The first-order chi connectivity index (χ1) is 9.93. The molecule has 2 nitrogen and oxygen atoms in total. The number of aldehydes is 1. The Kier molecular flexibility index (Phi) is 10.8. The van der Waals surface area contributed by atoms with Gasteiger partial charge < -0.3 is 4.43 Å². The van der Waals surface area contributed by atoms with Gasteiger partial charge in [0.15, 0.2) is 8.32 Å². The molecule has 2 atom stereocenters. The topological polar surface area (TPSA) is 26.3 Å². The monoisotopic (exact) mass is 422 g/mol. The van der Waals surface area contributed by atoms with Gasteiger partial charge in [-0.25, -0.2) is 0 Å². The highest BCUT2D eigenvalue weighted by Gasteiger charge is 2.34. The van der Waals surface area contributed by atoms with E-state index in [1.54, 1.807) is 0 Å². The Balaban J connectivity index is 5.51. The standard InChI is InChI=1S/C17H31IO2Si/c1-7-16(11-14(5)13-19)17(15(6)12-18)20-21(8-2,9-3)10-4/h11-13,16-17H,7-10H2,1-6H3/b14-11+,15-12+/t16-,17-/m0/s1. The van der Waals surface area contributed by atoms with Crippen LogP contribution in [0.4, 0.5) is 0 Å². The van der Waals surface area contributed by atoms with Crippen molar-refractivity contribution >= 4 is 37.2 Å². The summed E-state index contributed by atoms with van der Waals surface area (Å²) < 4.78 is 8.86. The molecule has 0 rings (SSSR count). The SMILES string of the molecule is CC[C@@H](/C=C(\C)C=O)[C@@H](O[Si](CC)(CC)CC)/C(C)=C/I. The number of hydrogen-bond donors (Lipinski definition) is 0. The molecule has 0 heterocycles. The first kappa shape index (κ1) is 21.1. The molecule has 0 bridgehead atoms. The van der Waals surface area contributed by atoms with Crippen molar-refractivity contribution in [2.75, 3.05) is 0 Å². The van der Waals surface area contributed by atoms with E-state index in [4.69, 9.17) is 4.43 Å². The van der Waals surface area contributed by atoms with E-state index in [2.05, 4.69) is 67.4 Å². The lowest BCUT2D eigenvalue weighted by molar-refractivity contribution is -0.104. The lowest BCUT2D eigenvalue weighted by atomic mass is 9.93. The van der Waals surface area contributed by atoms with Crippen molar-refractivity contribution in [2.24, 2.45) is 5.92 Å². The minimum atomic E-state index is -1.66. The minimum Gasteiger partial charge on any atom is -0.410 e.